The first-order valence-electron chi connectivity index (χ1n) is 7.13. The highest BCUT2D eigenvalue weighted by molar-refractivity contribution is 7.92. The maximum absolute atomic E-state index is 11.8. The van der Waals surface area contributed by atoms with Gasteiger partial charge in [-0.2, -0.15) is 0 Å². The molecule has 0 aliphatic carbocycles. The predicted molar refractivity (Wildman–Crippen MR) is 88.2 cm³/mol. The molecular weight excluding hydrogens is 334 g/mol. The monoisotopic (exact) mass is 353 g/mol. The minimum absolute atomic E-state index is 0.0406. The number of hydrogen-bond acceptors (Lipinski definition) is 6. The SMILES string of the molecule is COc1ccc(CCNC(=O)Cn2cc(NS(C)(=O)=O)nn2)cc1. The van der Waals surface area contributed by atoms with Gasteiger partial charge in [0.05, 0.1) is 19.6 Å². The standard InChI is InChI=1S/C14H19N5O4S/c1-23-12-5-3-11(4-6-12)7-8-15-14(20)10-19-9-13(16-18-19)17-24(2,21)22/h3-6,9,17H,7-8,10H2,1-2H3,(H,15,20). The zero-order chi connectivity index (χ0) is 17.6. The van der Waals surface area contributed by atoms with E-state index in [4.69, 9.17) is 4.74 Å². The summed E-state index contributed by atoms with van der Waals surface area (Å²) in [5.41, 5.74) is 1.08. The van der Waals surface area contributed by atoms with E-state index in [1.807, 2.05) is 24.3 Å². The second kappa shape index (κ2) is 7.77. The highest BCUT2D eigenvalue weighted by atomic mass is 32.2. The third-order valence-electron chi connectivity index (χ3n) is 3.03. The summed E-state index contributed by atoms with van der Waals surface area (Å²) in [6, 6.07) is 7.60. The number of hydrogen-bond donors (Lipinski definition) is 2. The molecule has 130 valence electrons. The summed E-state index contributed by atoms with van der Waals surface area (Å²) in [7, 11) is -1.81. The van der Waals surface area contributed by atoms with E-state index in [1.165, 1.54) is 10.9 Å². The van der Waals surface area contributed by atoms with Crippen LogP contribution in [-0.4, -0.2) is 49.2 Å². The fourth-order valence-corrected chi connectivity index (χ4v) is 2.43. The van der Waals surface area contributed by atoms with Gasteiger partial charge >= 0.3 is 0 Å². The van der Waals surface area contributed by atoms with Gasteiger partial charge in [0.25, 0.3) is 0 Å². The number of nitrogens with zero attached hydrogens (tertiary/aromatic N) is 3. The first-order chi connectivity index (χ1) is 11.4. The molecule has 0 aliphatic rings. The van der Waals surface area contributed by atoms with Crippen molar-refractivity contribution < 1.29 is 17.9 Å². The molecule has 0 aliphatic heterocycles. The quantitative estimate of drug-likeness (QED) is 0.691. The average molecular weight is 353 g/mol. The van der Waals surface area contributed by atoms with Crippen molar-refractivity contribution in [2.75, 3.05) is 24.6 Å². The van der Waals surface area contributed by atoms with E-state index < -0.39 is 10.0 Å². The number of aromatic nitrogens is 3. The fourth-order valence-electron chi connectivity index (χ4n) is 1.95. The summed E-state index contributed by atoms with van der Waals surface area (Å²) in [4.78, 5) is 11.8. The summed E-state index contributed by atoms with van der Waals surface area (Å²) in [6.45, 7) is 0.440. The number of carbonyl (C=O) groups excluding carboxylic acids is 1. The van der Waals surface area contributed by atoms with E-state index in [2.05, 4.69) is 20.4 Å². The number of nitrogens with one attached hydrogen (secondary N) is 2. The molecule has 0 atom stereocenters. The molecule has 0 fully saturated rings. The molecule has 2 N–H and O–H groups in total. The Morgan fingerprint density at radius 3 is 2.62 bits per heavy atom. The van der Waals surface area contributed by atoms with Gasteiger partial charge in [0.1, 0.15) is 12.3 Å². The van der Waals surface area contributed by atoms with Crippen LogP contribution < -0.4 is 14.8 Å². The smallest absolute Gasteiger partial charge is 0.241 e. The second-order valence-electron chi connectivity index (χ2n) is 5.12. The Balaban J connectivity index is 1.76. The van der Waals surface area contributed by atoms with E-state index in [9.17, 15) is 13.2 Å². The third-order valence-corrected chi connectivity index (χ3v) is 3.61. The van der Waals surface area contributed by atoms with Crippen LogP contribution in [0.15, 0.2) is 30.5 Å². The number of carbonyl (C=O) groups is 1. The molecule has 0 spiro atoms. The van der Waals surface area contributed by atoms with Crippen LogP contribution in [0.3, 0.4) is 0 Å². The highest BCUT2D eigenvalue weighted by Crippen LogP contribution is 2.11. The van der Waals surface area contributed by atoms with E-state index >= 15 is 0 Å². The van der Waals surface area contributed by atoms with Crippen LogP contribution in [0.5, 0.6) is 5.75 Å². The van der Waals surface area contributed by atoms with Crippen molar-refractivity contribution in [3.63, 3.8) is 0 Å². The Morgan fingerprint density at radius 1 is 1.29 bits per heavy atom. The number of benzene rings is 1. The molecule has 1 aromatic heterocycles. The molecule has 2 aromatic rings. The largest absolute Gasteiger partial charge is 0.497 e. The Bertz CT molecular complexity index is 786. The minimum atomic E-state index is -3.42. The number of sulfonamides is 1. The molecule has 0 unspecified atom stereocenters. The number of methoxy groups -OCH3 is 1. The Hall–Kier alpha value is -2.62. The lowest BCUT2D eigenvalue weighted by Gasteiger charge is -2.06. The van der Waals surface area contributed by atoms with Crippen LogP contribution in [-0.2, 0) is 27.8 Å². The van der Waals surface area contributed by atoms with E-state index in [-0.39, 0.29) is 18.3 Å². The molecule has 0 radical (unpaired) electrons. The normalized spacial score (nSPS) is 11.1. The van der Waals surface area contributed by atoms with Gasteiger partial charge in [-0.1, -0.05) is 17.3 Å². The van der Waals surface area contributed by atoms with Gasteiger partial charge < -0.3 is 10.1 Å². The average Bonchev–Trinajstić information content (AvgIpc) is 2.92. The van der Waals surface area contributed by atoms with Gasteiger partial charge in [-0.05, 0) is 24.1 Å². The summed E-state index contributed by atoms with van der Waals surface area (Å²) < 4.78 is 30.7. The number of amides is 1. The lowest BCUT2D eigenvalue weighted by molar-refractivity contribution is -0.121. The molecule has 0 saturated carbocycles. The zero-order valence-corrected chi connectivity index (χ0v) is 14.2. The summed E-state index contributed by atoms with van der Waals surface area (Å²) >= 11 is 0. The van der Waals surface area contributed by atoms with Crippen LogP contribution in [0.2, 0.25) is 0 Å². The molecule has 10 heteroatoms. The molecule has 0 saturated heterocycles. The van der Waals surface area contributed by atoms with Gasteiger partial charge in [-0.25, -0.2) is 13.1 Å². The molecule has 1 amide bonds. The lowest BCUT2D eigenvalue weighted by Crippen LogP contribution is -2.29. The molecule has 9 nitrogen and oxygen atoms in total. The molecule has 1 aromatic carbocycles. The molecular formula is C14H19N5O4S. The van der Waals surface area contributed by atoms with E-state index in [0.29, 0.717) is 13.0 Å². The number of rotatable bonds is 8. The van der Waals surface area contributed by atoms with Gasteiger partial charge in [0, 0.05) is 6.54 Å². The van der Waals surface area contributed by atoms with Gasteiger partial charge in [-0.15, -0.1) is 5.10 Å². The summed E-state index contributed by atoms with van der Waals surface area (Å²) in [5.74, 6) is 0.621. The van der Waals surface area contributed by atoms with Crippen molar-refractivity contribution in [2.24, 2.45) is 0 Å². The predicted octanol–water partition coefficient (Wildman–Crippen LogP) is 0.0171. The maximum Gasteiger partial charge on any atom is 0.241 e. The summed E-state index contributed by atoms with van der Waals surface area (Å²) in [5, 5.41) is 10.1. The van der Waals surface area contributed by atoms with Crippen molar-refractivity contribution >= 4 is 21.7 Å². The van der Waals surface area contributed by atoms with Gasteiger partial charge in [0.15, 0.2) is 5.82 Å². The number of anilines is 1. The first kappa shape index (κ1) is 17.7. The number of ether oxygens (including phenoxy) is 1. The van der Waals surface area contributed by atoms with Gasteiger partial charge in [-0.3, -0.25) is 9.52 Å². The van der Waals surface area contributed by atoms with Crippen LogP contribution in [0.4, 0.5) is 5.82 Å². The Labute approximate surface area is 140 Å². The summed E-state index contributed by atoms with van der Waals surface area (Å²) in [6.07, 6.45) is 3.05. The zero-order valence-electron chi connectivity index (χ0n) is 13.4. The third kappa shape index (κ3) is 5.88. The molecule has 24 heavy (non-hydrogen) atoms. The second-order valence-corrected chi connectivity index (χ2v) is 6.87. The van der Waals surface area contributed by atoms with Crippen molar-refractivity contribution in [3.8, 4) is 5.75 Å². The lowest BCUT2D eigenvalue weighted by atomic mass is 10.1. The molecule has 2 rings (SSSR count). The Morgan fingerprint density at radius 2 is 2.00 bits per heavy atom. The molecule has 0 bridgehead atoms. The van der Waals surface area contributed by atoms with E-state index in [1.54, 1.807) is 7.11 Å². The first-order valence-corrected chi connectivity index (χ1v) is 9.02. The van der Waals surface area contributed by atoms with Crippen LogP contribution in [0, 0.1) is 0 Å². The fraction of sp³-hybridized carbons (Fsp3) is 0.357. The van der Waals surface area contributed by atoms with Crippen molar-refractivity contribution in [3.05, 3.63) is 36.0 Å². The maximum atomic E-state index is 11.8. The minimum Gasteiger partial charge on any atom is -0.497 e. The molecule has 1 heterocycles. The van der Waals surface area contributed by atoms with Gasteiger partial charge in [0.2, 0.25) is 15.9 Å². The van der Waals surface area contributed by atoms with Crippen molar-refractivity contribution in [2.45, 2.75) is 13.0 Å². The van der Waals surface area contributed by atoms with Crippen LogP contribution in [0.25, 0.3) is 0 Å². The highest BCUT2D eigenvalue weighted by Gasteiger charge is 2.08. The van der Waals surface area contributed by atoms with Crippen molar-refractivity contribution in [1.29, 1.82) is 0 Å². The topological polar surface area (TPSA) is 115 Å². The Kier molecular flexibility index (Phi) is 5.74. The van der Waals surface area contributed by atoms with Crippen LogP contribution in [0.1, 0.15) is 5.56 Å². The van der Waals surface area contributed by atoms with E-state index in [0.717, 1.165) is 17.6 Å². The van der Waals surface area contributed by atoms with Crippen molar-refractivity contribution in [1.82, 2.24) is 20.3 Å². The van der Waals surface area contributed by atoms with Crippen LogP contribution >= 0.6 is 0 Å².